The summed E-state index contributed by atoms with van der Waals surface area (Å²) in [7, 11) is -2.37. The Morgan fingerprint density at radius 3 is 1.55 bits per heavy atom. The first-order chi connectivity index (χ1) is 31.8. The van der Waals surface area contributed by atoms with Crippen LogP contribution >= 0.6 is 0 Å². The highest BCUT2D eigenvalue weighted by Gasteiger charge is 2.25. The van der Waals surface area contributed by atoms with Crippen LogP contribution in [-0.2, 0) is 71.8 Å². The fourth-order valence-electron chi connectivity index (χ4n) is 5.53. The molecule has 0 spiro atoms. The van der Waals surface area contributed by atoms with Crippen molar-refractivity contribution in [1.29, 1.82) is 0 Å². The number of hydroxylamine groups is 2. The number of nitrogens with zero attached hydrogens (tertiary/aromatic N) is 3. The van der Waals surface area contributed by atoms with E-state index in [0.717, 1.165) is 6.42 Å². The summed E-state index contributed by atoms with van der Waals surface area (Å²) < 4.78 is 88.0. The van der Waals surface area contributed by atoms with Crippen molar-refractivity contribution in [3.63, 3.8) is 0 Å². The van der Waals surface area contributed by atoms with Crippen LogP contribution in [0.4, 0.5) is 10.5 Å². The second-order valence-electron chi connectivity index (χ2n) is 15.4. The number of amidine groups is 1. The Labute approximate surface area is 391 Å². The molecule has 3 N–H and O–H groups in total. The van der Waals surface area contributed by atoms with Crippen molar-refractivity contribution in [2.45, 2.75) is 58.0 Å². The van der Waals surface area contributed by atoms with Crippen molar-refractivity contribution in [3.05, 3.63) is 29.3 Å². The van der Waals surface area contributed by atoms with Gasteiger partial charge in [-0.3, -0.25) is 9.63 Å². The summed E-state index contributed by atoms with van der Waals surface area (Å²) in [4.78, 5) is 34.6. The molecule has 0 fully saturated rings. The Hall–Kier alpha value is -3.36. The van der Waals surface area contributed by atoms with Crippen LogP contribution in [-0.4, -0.2) is 207 Å². The Morgan fingerprint density at radius 2 is 1.12 bits per heavy atom. The third kappa shape index (κ3) is 27.5. The Kier molecular flexibility index (Phi) is 31.8. The number of rotatable bonds is 40. The molecule has 0 unspecified atom stereocenters. The fraction of sp³-hybridized carbons (Fsp3) is 0.750. The number of carbonyl (C=O) groups excluding carboxylic acids is 2. The zero-order valence-corrected chi connectivity index (χ0v) is 40.9. The molecule has 1 aromatic rings. The van der Waals surface area contributed by atoms with Gasteiger partial charge in [0, 0.05) is 44.2 Å². The molecule has 1 aromatic carbocycles. The molecular formula is C44H77N5O16S. The molecule has 1 aliphatic rings. The minimum atomic E-state index is -3.85. The van der Waals surface area contributed by atoms with Gasteiger partial charge in [-0.2, -0.15) is 4.31 Å². The lowest BCUT2D eigenvalue weighted by Gasteiger charge is -2.21. The molecule has 66 heavy (non-hydrogen) atoms. The number of alkyl carbamates (subject to hydrolysis) is 1. The van der Waals surface area contributed by atoms with E-state index in [1.54, 1.807) is 12.1 Å². The van der Waals surface area contributed by atoms with Gasteiger partial charge in [0.25, 0.3) is 5.91 Å². The number of benzene rings is 1. The molecule has 1 heterocycles. The monoisotopic (exact) mass is 964 g/mol. The molecule has 21 nitrogen and oxygen atoms in total. The number of nitrogens with two attached hydrogens (primary N) is 1. The van der Waals surface area contributed by atoms with Gasteiger partial charge < -0.3 is 63.2 Å². The lowest BCUT2D eigenvalue weighted by Crippen LogP contribution is -2.34. The number of carbonyl (C=O) groups is 2. The largest absolute Gasteiger partial charge is 0.444 e. The van der Waals surface area contributed by atoms with Crippen LogP contribution in [0.1, 0.15) is 53.0 Å². The maximum absolute atomic E-state index is 13.3. The number of nitrogens with one attached hydrogen (secondary N) is 1. The third-order valence-corrected chi connectivity index (χ3v) is 10.6. The average molecular weight is 964 g/mol. The van der Waals surface area contributed by atoms with Gasteiger partial charge in [0.1, 0.15) is 11.4 Å². The summed E-state index contributed by atoms with van der Waals surface area (Å²) in [6, 6.07) is 4.57. The Morgan fingerprint density at radius 1 is 0.682 bits per heavy atom. The van der Waals surface area contributed by atoms with E-state index in [1.165, 1.54) is 28.5 Å². The van der Waals surface area contributed by atoms with Crippen molar-refractivity contribution >= 4 is 39.6 Å². The summed E-state index contributed by atoms with van der Waals surface area (Å²) in [5.74, 6) is -0.108. The number of aliphatic imine (C=N–C) groups is 1. The second-order valence-corrected chi connectivity index (χ2v) is 17.4. The van der Waals surface area contributed by atoms with Crippen LogP contribution in [0, 0.1) is 0 Å². The number of sulfonamides is 1. The van der Waals surface area contributed by atoms with Crippen molar-refractivity contribution in [3.8, 4) is 0 Å². The lowest BCUT2D eigenvalue weighted by molar-refractivity contribution is -0.180. The van der Waals surface area contributed by atoms with Gasteiger partial charge in [-0.25, -0.2) is 23.3 Å². The fourth-order valence-corrected chi connectivity index (χ4v) is 6.70. The van der Waals surface area contributed by atoms with E-state index in [-0.39, 0.29) is 36.2 Å². The number of hydrogen-bond donors (Lipinski definition) is 2. The van der Waals surface area contributed by atoms with E-state index >= 15 is 0 Å². The Balaban J connectivity index is 1.36. The zero-order chi connectivity index (χ0) is 48.3. The smallest absolute Gasteiger partial charge is 0.407 e. The predicted octanol–water partition coefficient (Wildman–Crippen LogP) is 2.96. The van der Waals surface area contributed by atoms with Gasteiger partial charge in [0.2, 0.25) is 10.0 Å². The first-order valence-corrected chi connectivity index (χ1v) is 24.1. The van der Waals surface area contributed by atoms with Crippen LogP contribution in [0.5, 0.6) is 0 Å². The van der Waals surface area contributed by atoms with E-state index in [2.05, 4.69) is 10.3 Å². The summed E-state index contributed by atoms with van der Waals surface area (Å²) in [5, 5.41) is 3.95. The van der Waals surface area contributed by atoms with Crippen LogP contribution < -0.4 is 11.1 Å². The number of likely N-dealkylation sites (N-methyl/N-ethyl adjacent to an activating group) is 1. The van der Waals surface area contributed by atoms with Gasteiger partial charge in [0.15, 0.2) is 0 Å². The normalized spacial score (nSPS) is 13.0. The summed E-state index contributed by atoms with van der Waals surface area (Å²) in [5.41, 5.74) is 6.97. The van der Waals surface area contributed by atoms with Crippen molar-refractivity contribution in [2.75, 3.05) is 165 Å². The number of ether oxygens (including phenoxy) is 11. The molecule has 0 saturated heterocycles. The van der Waals surface area contributed by atoms with Gasteiger partial charge in [-0.15, -0.1) is 0 Å². The van der Waals surface area contributed by atoms with Crippen LogP contribution in [0.3, 0.4) is 0 Å². The van der Waals surface area contributed by atoms with Crippen molar-refractivity contribution < 1.29 is 74.9 Å². The van der Waals surface area contributed by atoms with Crippen LogP contribution in [0.25, 0.3) is 6.08 Å². The van der Waals surface area contributed by atoms with E-state index in [9.17, 15) is 18.0 Å². The summed E-state index contributed by atoms with van der Waals surface area (Å²) in [6.07, 6.45) is 2.05. The molecular weight excluding hydrogens is 887 g/mol. The summed E-state index contributed by atoms with van der Waals surface area (Å²) in [6.45, 7) is 18.7. The molecule has 0 aromatic heterocycles. The van der Waals surface area contributed by atoms with Gasteiger partial charge in [-0.05, 0) is 52.3 Å². The quantitative estimate of drug-likeness (QED) is 0.0711. The summed E-state index contributed by atoms with van der Waals surface area (Å²) >= 11 is 0. The number of hydrogen-bond acceptors (Lipinski definition) is 18. The highest BCUT2D eigenvalue weighted by atomic mass is 32.2. The molecule has 0 bridgehead atoms. The molecule has 2 rings (SSSR count). The third-order valence-electron chi connectivity index (χ3n) is 8.70. The molecule has 380 valence electrons. The lowest BCUT2D eigenvalue weighted by atomic mass is 10.1. The topological polar surface area (TPSA) is 236 Å². The molecule has 0 radical (unpaired) electrons. The SMILES string of the molecule is CCCN(OCC)C(=O)C1=Cc2ccc(S(=O)(=O)N(C)CCOCCOCCOCCOCCOCCOCCOCCOCCOCCOCCNC(=O)OC(C)(C)C)cc2N=C(N)C1. The maximum atomic E-state index is 13.3. The minimum Gasteiger partial charge on any atom is -0.444 e. The van der Waals surface area contributed by atoms with Crippen LogP contribution in [0.15, 0.2) is 33.7 Å². The van der Waals surface area contributed by atoms with E-state index in [4.69, 9.17) is 62.7 Å². The standard InChI is InChI=1S/C44H77N5O16S/c1-7-12-49(64-8-2)42(50)38-34-37-9-10-39(36-40(37)47-41(45)35-38)66(52,53)48(6)13-15-55-17-19-57-21-23-59-25-27-61-29-31-63-33-32-62-30-28-60-26-24-58-22-20-56-18-16-54-14-11-46-43(51)65-44(3,4)5/h9-10,34,36H,7-8,11-33,35H2,1-6H3,(H2,45,47)(H,46,51). The first kappa shape index (κ1) is 58.8. The molecule has 0 saturated carbocycles. The molecule has 1 aliphatic heterocycles. The van der Waals surface area contributed by atoms with Crippen LogP contribution in [0.2, 0.25) is 0 Å². The van der Waals surface area contributed by atoms with E-state index in [0.29, 0.717) is 162 Å². The van der Waals surface area contributed by atoms with Crippen molar-refractivity contribution in [2.24, 2.45) is 10.7 Å². The molecule has 0 aliphatic carbocycles. The first-order valence-electron chi connectivity index (χ1n) is 22.6. The molecule has 2 amide bonds. The van der Waals surface area contributed by atoms with Gasteiger partial charge in [-0.1, -0.05) is 13.0 Å². The zero-order valence-electron chi connectivity index (χ0n) is 40.1. The molecule has 0 atom stereocenters. The number of fused-ring (bicyclic) bond motifs is 1. The van der Waals surface area contributed by atoms with E-state index < -0.39 is 21.7 Å². The molecule has 22 heteroatoms. The highest BCUT2D eigenvalue weighted by molar-refractivity contribution is 7.89. The maximum Gasteiger partial charge on any atom is 0.407 e. The highest BCUT2D eigenvalue weighted by Crippen LogP contribution is 2.30. The predicted molar refractivity (Wildman–Crippen MR) is 246 cm³/mol. The Bertz CT molecular complexity index is 1640. The van der Waals surface area contributed by atoms with E-state index in [1.807, 2.05) is 34.6 Å². The van der Waals surface area contributed by atoms with Gasteiger partial charge >= 0.3 is 6.09 Å². The average Bonchev–Trinajstić information content (AvgIpc) is 3.44. The van der Waals surface area contributed by atoms with Crippen molar-refractivity contribution in [1.82, 2.24) is 14.7 Å². The van der Waals surface area contributed by atoms with Gasteiger partial charge in [0.05, 0.1) is 149 Å². The second kappa shape index (κ2) is 35.7. The minimum absolute atomic E-state index is 0.0519. The number of amides is 2.